The SMILES string of the molecule is Cc1ccccc1COc1ccc2ccccc2c1C=O. The number of carbonyl (C=O) groups excluding carboxylic acids is 1. The summed E-state index contributed by atoms with van der Waals surface area (Å²) in [6, 6.07) is 19.8. The van der Waals surface area contributed by atoms with Crippen LogP contribution in [-0.4, -0.2) is 6.29 Å². The van der Waals surface area contributed by atoms with Crippen molar-refractivity contribution in [3.8, 4) is 5.75 Å². The maximum absolute atomic E-state index is 11.4. The van der Waals surface area contributed by atoms with E-state index in [1.54, 1.807) is 0 Å². The van der Waals surface area contributed by atoms with Gasteiger partial charge in [0.15, 0.2) is 6.29 Å². The molecule has 0 aliphatic heterocycles. The van der Waals surface area contributed by atoms with Crippen LogP contribution >= 0.6 is 0 Å². The highest BCUT2D eigenvalue weighted by molar-refractivity contribution is 6.00. The minimum Gasteiger partial charge on any atom is -0.488 e. The van der Waals surface area contributed by atoms with E-state index in [0.29, 0.717) is 17.9 Å². The molecular formula is C19H16O2. The van der Waals surface area contributed by atoms with Crippen LogP contribution in [0.1, 0.15) is 21.5 Å². The van der Waals surface area contributed by atoms with Crippen LogP contribution < -0.4 is 4.74 Å². The Bertz CT molecular complexity index is 790. The predicted molar refractivity (Wildman–Crippen MR) is 84.8 cm³/mol. The molecule has 0 radical (unpaired) electrons. The Morgan fingerprint density at radius 3 is 2.52 bits per heavy atom. The topological polar surface area (TPSA) is 26.3 Å². The number of rotatable bonds is 4. The van der Waals surface area contributed by atoms with Gasteiger partial charge in [-0.15, -0.1) is 0 Å². The maximum Gasteiger partial charge on any atom is 0.154 e. The lowest BCUT2D eigenvalue weighted by Crippen LogP contribution is -2.00. The van der Waals surface area contributed by atoms with Gasteiger partial charge in [0.2, 0.25) is 0 Å². The largest absolute Gasteiger partial charge is 0.488 e. The lowest BCUT2D eigenvalue weighted by Gasteiger charge is -2.12. The highest BCUT2D eigenvalue weighted by Crippen LogP contribution is 2.27. The Morgan fingerprint density at radius 2 is 1.71 bits per heavy atom. The minimum atomic E-state index is 0.464. The number of hydrogen-bond acceptors (Lipinski definition) is 2. The first kappa shape index (κ1) is 13.4. The summed E-state index contributed by atoms with van der Waals surface area (Å²) in [4.78, 5) is 11.4. The van der Waals surface area contributed by atoms with E-state index in [-0.39, 0.29) is 0 Å². The second kappa shape index (κ2) is 5.80. The van der Waals surface area contributed by atoms with E-state index in [1.165, 1.54) is 5.56 Å². The monoisotopic (exact) mass is 276 g/mol. The van der Waals surface area contributed by atoms with Gasteiger partial charge >= 0.3 is 0 Å². The van der Waals surface area contributed by atoms with Crippen molar-refractivity contribution in [1.29, 1.82) is 0 Å². The van der Waals surface area contributed by atoms with Crippen LogP contribution in [-0.2, 0) is 6.61 Å². The second-order valence-electron chi connectivity index (χ2n) is 5.03. The van der Waals surface area contributed by atoms with Crippen LogP contribution in [0.25, 0.3) is 10.8 Å². The molecule has 0 heterocycles. The summed E-state index contributed by atoms with van der Waals surface area (Å²) in [6.07, 6.45) is 0.871. The van der Waals surface area contributed by atoms with E-state index >= 15 is 0 Å². The molecule has 0 aliphatic carbocycles. The molecule has 0 atom stereocenters. The highest BCUT2D eigenvalue weighted by Gasteiger charge is 2.08. The average molecular weight is 276 g/mol. The van der Waals surface area contributed by atoms with E-state index in [0.717, 1.165) is 22.6 Å². The first-order chi connectivity index (χ1) is 10.3. The first-order valence-corrected chi connectivity index (χ1v) is 6.94. The molecule has 0 amide bonds. The van der Waals surface area contributed by atoms with E-state index in [4.69, 9.17) is 4.74 Å². The molecule has 104 valence electrons. The van der Waals surface area contributed by atoms with Crippen molar-refractivity contribution >= 4 is 17.1 Å². The van der Waals surface area contributed by atoms with E-state index in [9.17, 15) is 4.79 Å². The number of fused-ring (bicyclic) bond motifs is 1. The summed E-state index contributed by atoms with van der Waals surface area (Å²) in [5.74, 6) is 0.631. The van der Waals surface area contributed by atoms with Gasteiger partial charge < -0.3 is 4.74 Å². The number of aldehydes is 1. The van der Waals surface area contributed by atoms with Gasteiger partial charge in [0.25, 0.3) is 0 Å². The molecule has 0 saturated carbocycles. The van der Waals surface area contributed by atoms with Crippen LogP contribution in [0.15, 0.2) is 60.7 Å². The maximum atomic E-state index is 11.4. The third-order valence-corrected chi connectivity index (χ3v) is 3.69. The molecule has 0 saturated heterocycles. The molecule has 0 spiro atoms. The van der Waals surface area contributed by atoms with Crippen LogP contribution in [0.5, 0.6) is 5.75 Å². The van der Waals surface area contributed by atoms with Gasteiger partial charge in [-0.3, -0.25) is 4.79 Å². The molecule has 0 bridgehead atoms. The summed E-state index contributed by atoms with van der Waals surface area (Å²) >= 11 is 0. The number of carbonyl (C=O) groups is 1. The van der Waals surface area contributed by atoms with E-state index in [1.807, 2.05) is 54.6 Å². The van der Waals surface area contributed by atoms with Crippen molar-refractivity contribution in [2.24, 2.45) is 0 Å². The summed E-state index contributed by atoms with van der Waals surface area (Å²) in [5.41, 5.74) is 2.93. The molecule has 0 N–H and O–H groups in total. The molecule has 21 heavy (non-hydrogen) atoms. The Kier molecular flexibility index (Phi) is 3.69. The van der Waals surface area contributed by atoms with Gasteiger partial charge in [0.1, 0.15) is 12.4 Å². The fourth-order valence-electron chi connectivity index (χ4n) is 2.45. The fraction of sp³-hybridized carbons (Fsp3) is 0.105. The van der Waals surface area contributed by atoms with Crippen LogP contribution in [0.2, 0.25) is 0 Å². The fourth-order valence-corrected chi connectivity index (χ4v) is 2.45. The van der Waals surface area contributed by atoms with Gasteiger partial charge in [-0.1, -0.05) is 54.6 Å². The standard InChI is InChI=1S/C19H16O2/c1-14-6-2-3-8-16(14)13-21-19-11-10-15-7-4-5-9-17(15)18(19)12-20/h2-12H,13H2,1H3. The third-order valence-electron chi connectivity index (χ3n) is 3.69. The first-order valence-electron chi connectivity index (χ1n) is 6.94. The molecule has 3 aromatic rings. The Labute approximate surface area is 124 Å². The summed E-state index contributed by atoms with van der Waals surface area (Å²) < 4.78 is 5.87. The number of benzene rings is 3. The van der Waals surface area contributed by atoms with E-state index < -0.39 is 0 Å². The van der Waals surface area contributed by atoms with Gasteiger partial charge in [0, 0.05) is 0 Å². The molecule has 0 fully saturated rings. The van der Waals surface area contributed by atoms with Gasteiger partial charge in [0.05, 0.1) is 5.56 Å². The molecule has 3 rings (SSSR count). The average Bonchev–Trinajstić information content (AvgIpc) is 2.53. The molecule has 3 aromatic carbocycles. The molecule has 0 aliphatic rings. The number of ether oxygens (including phenoxy) is 1. The van der Waals surface area contributed by atoms with Crippen molar-refractivity contribution in [1.82, 2.24) is 0 Å². The smallest absolute Gasteiger partial charge is 0.154 e. The molecule has 2 heteroatoms. The minimum absolute atomic E-state index is 0.464. The summed E-state index contributed by atoms with van der Waals surface area (Å²) in [5, 5.41) is 1.97. The van der Waals surface area contributed by atoms with Crippen molar-refractivity contribution in [3.63, 3.8) is 0 Å². The van der Waals surface area contributed by atoms with Crippen LogP contribution in [0.3, 0.4) is 0 Å². The molecule has 2 nitrogen and oxygen atoms in total. The van der Waals surface area contributed by atoms with Gasteiger partial charge in [-0.2, -0.15) is 0 Å². The van der Waals surface area contributed by atoms with Crippen molar-refractivity contribution in [2.75, 3.05) is 0 Å². The zero-order chi connectivity index (χ0) is 14.7. The summed E-state index contributed by atoms with van der Waals surface area (Å²) in [7, 11) is 0. The predicted octanol–water partition coefficient (Wildman–Crippen LogP) is 4.54. The van der Waals surface area contributed by atoms with Crippen molar-refractivity contribution in [2.45, 2.75) is 13.5 Å². The lowest BCUT2D eigenvalue weighted by atomic mass is 10.0. The zero-order valence-electron chi connectivity index (χ0n) is 11.9. The van der Waals surface area contributed by atoms with E-state index in [2.05, 4.69) is 13.0 Å². The number of aryl methyl sites for hydroxylation is 1. The Balaban J connectivity index is 1.94. The van der Waals surface area contributed by atoms with Gasteiger partial charge in [-0.25, -0.2) is 0 Å². The lowest BCUT2D eigenvalue weighted by molar-refractivity contribution is 0.112. The normalized spacial score (nSPS) is 10.5. The quantitative estimate of drug-likeness (QED) is 0.654. The van der Waals surface area contributed by atoms with Crippen LogP contribution in [0.4, 0.5) is 0 Å². The number of hydrogen-bond donors (Lipinski definition) is 0. The molecule has 0 unspecified atom stereocenters. The zero-order valence-corrected chi connectivity index (χ0v) is 11.9. The second-order valence-corrected chi connectivity index (χ2v) is 5.03. The third kappa shape index (κ3) is 2.65. The highest BCUT2D eigenvalue weighted by atomic mass is 16.5. The van der Waals surface area contributed by atoms with Crippen molar-refractivity contribution in [3.05, 3.63) is 77.4 Å². The Morgan fingerprint density at radius 1 is 0.952 bits per heavy atom. The molecule has 0 aromatic heterocycles. The van der Waals surface area contributed by atoms with Crippen LogP contribution in [0, 0.1) is 6.92 Å². The Hall–Kier alpha value is -2.61. The van der Waals surface area contributed by atoms with Gasteiger partial charge in [-0.05, 0) is 34.9 Å². The van der Waals surface area contributed by atoms with Crippen molar-refractivity contribution < 1.29 is 9.53 Å². The molecular weight excluding hydrogens is 260 g/mol. The summed E-state index contributed by atoms with van der Waals surface area (Å²) in [6.45, 7) is 2.52.